The summed E-state index contributed by atoms with van der Waals surface area (Å²) in [6.07, 6.45) is 0.903. The Morgan fingerprint density at radius 3 is 2.51 bits per heavy atom. The number of methoxy groups -OCH3 is 1. The summed E-state index contributed by atoms with van der Waals surface area (Å²) in [5, 5.41) is 15.5. The third-order valence-electron chi connectivity index (χ3n) is 7.55. The van der Waals surface area contributed by atoms with E-state index in [-0.39, 0.29) is 53.6 Å². The molecule has 2 aliphatic heterocycles. The first-order chi connectivity index (χ1) is 18.7. The van der Waals surface area contributed by atoms with Crippen molar-refractivity contribution < 1.29 is 33.5 Å². The predicted molar refractivity (Wildman–Crippen MR) is 141 cm³/mol. The lowest BCUT2D eigenvalue weighted by molar-refractivity contribution is -0.385. The molecule has 0 saturated carbocycles. The number of nitro groups is 1. The van der Waals surface area contributed by atoms with Gasteiger partial charge in [0.1, 0.15) is 5.75 Å². The number of hydrogen-bond acceptors (Lipinski definition) is 9. The number of Topliss-reactive ketones (excluding diaryl/α,β-unsaturated/α-hetero) is 1. The van der Waals surface area contributed by atoms with Crippen molar-refractivity contribution in [3.05, 3.63) is 80.2 Å². The van der Waals surface area contributed by atoms with E-state index in [1.54, 1.807) is 21.0 Å². The second-order valence-electron chi connectivity index (χ2n) is 9.94. The third kappa shape index (κ3) is 4.82. The normalized spacial score (nSPS) is 20.8. The smallest absolute Gasteiger partial charge is 0.337 e. The third-order valence-corrected chi connectivity index (χ3v) is 7.55. The molecular formula is C29H30N2O8. The Bertz CT molecular complexity index is 1410. The van der Waals surface area contributed by atoms with E-state index < -0.39 is 16.8 Å². The van der Waals surface area contributed by atoms with Crippen LogP contribution in [0.1, 0.15) is 63.0 Å². The standard InChI is InChI=1S/C29H30N2O8/c1-5-15(2)39-29(33)26-16(3)30-21-10-18(17-6-8-19(36-4)9-7-17)11-23(32)28(21)27(26)20-12-24-25(38-14-37-24)13-22(20)31(34)35/h6-9,12-13,15,18,27,30H,5,10-11,14H2,1-4H3/t15-,18+,27+/m0/s1. The molecule has 204 valence electrons. The number of fused-ring (bicyclic) bond motifs is 1. The van der Waals surface area contributed by atoms with Crippen LogP contribution in [-0.4, -0.2) is 36.7 Å². The fourth-order valence-electron chi connectivity index (χ4n) is 5.40. The van der Waals surface area contributed by atoms with Crippen LogP contribution in [0, 0.1) is 10.1 Å². The SMILES string of the molecule is CC[C@H](C)OC(=O)C1=C(C)NC2=C(C(=O)C[C@H](c3ccc(OC)cc3)C2)[C@@H]1c1cc2c(cc1[N+](=O)[O-])OCO2. The van der Waals surface area contributed by atoms with Crippen molar-refractivity contribution in [2.75, 3.05) is 13.9 Å². The van der Waals surface area contributed by atoms with Crippen LogP contribution >= 0.6 is 0 Å². The van der Waals surface area contributed by atoms with E-state index in [4.69, 9.17) is 18.9 Å². The zero-order chi connectivity index (χ0) is 27.8. The van der Waals surface area contributed by atoms with Gasteiger partial charge < -0.3 is 24.3 Å². The van der Waals surface area contributed by atoms with Crippen LogP contribution in [-0.2, 0) is 14.3 Å². The molecule has 0 bridgehead atoms. The Balaban J connectivity index is 1.64. The number of nitro benzene ring substituents is 1. The van der Waals surface area contributed by atoms with E-state index in [0.717, 1.165) is 11.3 Å². The number of nitrogens with zero attached hydrogens (tertiary/aromatic N) is 1. The highest BCUT2D eigenvalue weighted by Gasteiger charge is 2.44. The van der Waals surface area contributed by atoms with E-state index in [1.807, 2.05) is 31.2 Å². The number of hydrogen-bond donors (Lipinski definition) is 1. The quantitative estimate of drug-likeness (QED) is 0.295. The van der Waals surface area contributed by atoms with Crippen LogP contribution in [0.3, 0.4) is 0 Å². The molecule has 2 aromatic rings. The Kier molecular flexibility index (Phi) is 7.03. The lowest BCUT2D eigenvalue weighted by atomic mass is 9.71. The van der Waals surface area contributed by atoms with Crippen molar-refractivity contribution in [2.24, 2.45) is 0 Å². The first kappa shape index (κ1) is 26.3. The Labute approximate surface area is 225 Å². The van der Waals surface area contributed by atoms with Crippen LogP contribution < -0.4 is 19.5 Å². The zero-order valence-corrected chi connectivity index (χ0v) is 22.2. The minimum atomic E-state index is -1.00. The molecule has 0 fully saturated rings. The lowest BCUT2D eigenvalue weighted by Crippen LogP contribution is -2.36. The van der Waals surface area contributed by atoms with Gasteiger partial charge in [0.25, 0.3) is 5.69 Å². The highest BCUT2D eigenvalue weighted by atomic mass is 16.7. The second kappa shape index (κ2) is 10.4. The van der Waals surface area contributed by atoms with Gasteiger partial charge in [-0.1, -0.05) is 19.1 Å². The average molecular weight is 535 g/mol. The van der Waals surface area contributed by atoms with Crippen molar-refractivity contribution in [3.8, 4) is 17.2 Å². The van der Waals surface area contributed by atoms with Gasteiger partial charge in [-0.2, -0.15) is 0 Å². The molecule has 1 N–H and O–H groups in total. The van der Waals surface area contributed by atoms with Crippen molar-refractivity contribution in [3.63, 3.8) is 0 Å². The van der Waals surface area contributed by atoms with Crippen molar-refractivity contribution in [1.29, 1.82) is 0 Å². The van der Waals surface area contributed by atoms with Gasteiger partial charge in [-0.3, -0.25) is 14.9 Å². The Morgan fingerprint density at radius 1 is 1.18 bits per heavy atom. The van der Waals surface area contributed by atoms with Crippen molar-refractivity contribution >= 4 is 17.4 Å². The highest BCUT2D eigenvalue weighted by Crippen LogP contribution is 2.50. The molecule has 3 aliphatic rings. The van der Waals surface area contributed by atoms with Crippen LogP contribution in [0.2, 0.25) is 0 Å². The van der Waals surface area contributed by atoms with Gasteiger partial charge >= 0.3 is 5.97 Å². The number of rotatable bonds is 7. The number of esters is 1. The van der Waals surface area contributed by atoms with Gasteiger partial charge in [0.05, 0.1) is 35.7 Å². The first-order valence-corrected chi connectivity index (χ1v) is 12.9. The fourth-order valence-corrected chi connectivity index (χ4v) is 5.40. The molecule has 10 heteroatoms. The monoisotopic (exact) mass is 534 g/mol. The minimum absolute atomic E-state index is 0.0731. The number of allylic oxidation sites excluding steroid dienone is 3. The van der Waals surface area contributed by atoms with Gasteiger partial charge in [-0.15, -0.1) is 0 Å². The van der Waals surface area contributed by atoms with Crippen LogP contribution in [0.15, 0.2) is 58.9 Å². The molecule has 0 spiro atoms. The van der Waals surface area contributed by atoms with Gasteiger partial charge in [0, 0.05) is 29.0 Å². The number of ketones is 1. The molecule has 10 nitrogen and oxygen atoms in total. The van der Waals surface area contributed by atoms with Crippen LogP contribution in [0.4, 0.5) is 5.69 Å². The maximum absolute atomic E-state index is 13.9. The van der Waals surface area contributed by atoms with Gasteiger partial charge in [0.15, 0.2) is 17.3 Å². The molecule has 0 aromatic heterocycles. The predicted octanol–water partition coefficient (Wildman–Crippen LogP) is 5.04. The van der Waals surface area contributed by atoms with Crippen molar-refractivity contribution in [2.45, 2.75) is 58.0 Å². The van der Waals surface area contributed by atoms with Crippen LogP contribution in [0.25, 0.3) is 0 Å². The maximum Gasteiger partial charge on any atom is 0.337 e. The lowest BCUT2D eigenvalue weighted by Gasteiger charge is -2.36. The molecule has 0 unspecified atom stereocenters. The molecule has 39 heavy (non-hydrogen) atoms. The van der Waals surface area contributed by atoms with E-state index in [1.165, 1.54) is 12.1 Å². The molecule has 2 heterocycles. The zero-order valence-electron chi connectivity index (χ0n) is 22.2. The van der Waals surface area contributed by atoms with Crippen LogP contribution in [0.5, 0.6) is 17.2 Å². The molecular weight excluding hydrogens is 504 g/mol. The number of ether oxygens (including phenoxy) is 4. The summed E-state index contributed by atoms with van der Waals surface area (Å²) in [4.78, 5) is 39.1. The van der Waals surface area contributed by atoms with E-state index >= 15 is 0 Å². The maximum atomic E-state index is 13.9. The summed E-state index contributed by atoms with van der Waals surface area (Å²) in [7, 11) is 1.59. The van der Waals surface area contributed by atoms with E-state index in [9.17, 15) is 19.7 Å². The number of benzene rings is 2. The van der Waals surface area contributed by atoms with Gasteiger partial charge in [-0.05, 0) is 56.4 Å². The van der Waals surface area contributed by atoms with E-state index in [0.29, 0.717) is 35.6 Å². The summed E-state index contributed by atoms with van der Waals surface area (Å²) < 4.78 is 21.8. The molecule has 0 radical (unpaired) electrons. The largest absolute Gasteiger partial charge is 0.497 e. The number of dihydropyridines is 1. The fraction of sp³-hybridized carbons (Fsp3) is 0.379. The topological polar surface area (TPSA) is 126 Å². The highest BCUT2D eigenvalue weighted by molar-refractivity contribution is 6.04. The van der Waals surface area contributed by atoms with Gasteiger partial charge in [0.2, 0.25) is 6.79 Å². The van der Waals surface area contributed by atoms with Gasteiger partial charge in [-0.25, -0.2) is 4.79 Å². The van der Waals surface area contributed by atoms with Crippen molar-refractivity contribution in [1.82, 2.24) is 5.32 Å². The summed E-state index contributed by atoms with van der Waals surface area (Å²) in [6.45, 7) is 5.32. The number of nitrogens with one attached hydrogen (secondary N) is 1. The minimum Gasteiger partial charge on any atom is -0.497 e. The Morgan fingerprint density at radius 2 is 1.87 bits per heavy atom. The molecule has 0 saturated heterocycles. The average Bonchev–Trinajstić information content (AvgIpc) is 3.39. The molecule has 1 aliphatic carbocycles. The molecule has 0 amide bonds. The second-order valence-corrected chi connectivity index (χ2v) is 9.94. The summed E-state index contributed by atoms with van der Waals surface area (Å²) in [5.74, 6) is -0.642. The number of carbonyl (C=O) groups is 2. The molecule has 5 rings (SSSR count). The summed E-state index contributed by atoms with van der Waals surface area (Å²) >= 11 is 0. The summed E-state index contributed by atoms with van der Waals surface area (Å²) in [5.41, 5.74) is 2.54. The van der Waals surface area contributed by atoms with E-state index in [2.05, 4.69) is 5.32 Å². The first-order valence-electron chi connectivity index (χ1n) is 12.9. The number of carbonyl (C=O) groups excluding carboxylic acids is 2. The Hall–Kier alpha value is -4.34. The molecule has 2 aromatic carbocycles. The molecule has 3 atom stereocenters. The summed E-state index contributed by atoms with van der Waals surface area (Å²) in [6, 6.07) is 10.4.